The smallest absolute Gasteiger partial charge is 0.412 e. The van der Waals surface area contributed by atoms with Crippen LogP contribution in [0.3, 0.4) is 0 Å². The van der Waals surface area contributed by atoms with Crippen LogP contribution in [0.5, 0.6) is 5.75 Å². The Hall–Kier alpha value is -3.69. The molecule has 2 rings (SSSR count). The first-order chi connectivity index (χ1) is 15.9. The van der Waals surface area contributed by atoms with Crippen molar-refractivity contribution in [1.29, 1.82) is 0 Å². The first-order valence-corrected chi connectivity index (χ1v) is 10.5. The minimum Gasteiger partial charge on any atom is -0.491 e. The molecule has 0 spiro atoms. The van der Waals surface area contributed by atoms with Gasteiger partial charge in [-0.2, -0.15) is 0 Å². The van der Waals surface area contributed by atoms with Crippen molar-refractivity contribution in [3.63, 3.8) is 0 Å². The van der Waals surface area contributed by atoms with Crippen molar-refractivity contribution in [2.75, 3.05) is 18.5 Å². The molecular weight excluding hydrogens is 428 g/mol. The maximum absolute atomic E-state index is 12.5. The molecule has 1 atom stereocenters. The molecule has 0 aromatic heterocycles. The number of anilines is 1. The van der Waals surface area contributed by atoms with E-state index in [-0.39, 0.29) is 19.0 Å². The molecule has 0 unspecified atom stereocenters. The number of hydrogen-bond donors (Lipinski definition) is 4. The van der Waals surface area contributed by atoms with Crippen LogP contribution in [-0.4, -0.2) is 41.3 Å². The zero-order valence-electron chi connectivity index (χ0n) is 18.3. The third-order valence-electron chi connectivity index (χ3n) is 4.59. The van der Waals surface area contributed by atoms with Crippen LogP contribution in [0.4, 0.5) is 10.5 Å². The summed E-state index contributed by atoms with van der Waals surface area (Å²) in [5.41, 5.74) is 3.26. The van der Waals surface area contributed by atoms with Crippen LogP contribution in [-0.2, 0) is 9.53 Å². The number of carbonyl (C=O) groups is 3. The van der Waals surface area contributed by atoms with Crippen LogP contribution >= 0.6 is 0 Å². The van der Waals surface area contributed by atoms with Crippen molar-refractivity contribution in [2.24, 2.45) is 0 Å². The van der Waals surface area contributed by atoms with Crippen LogP contribution in [0.25, 0.3) is 0 Å². The number of benzene rings is 2. The molecule has 0 fully saturated rings. The van der Waals surface area contributed by atoms with Crippen LogP contribution in [0, 0.1) is 0 Å². The average Bonchev–Trinajstić information content (AvgIpc) is 2.82. The number of ketones is 1. The summed E-state index contributed by atoms with van der Waals surface area (Å²) in [6.45, 7) is 1.48. The molecule has 9 heteroatoms. The normalized spacial score (nSPS) is 11.6. The van der Waals surface area contributed by atoms with E-state index in [0.717, 1.165) is 0 Å². The highest BCUT2D eigenvalue weighted by Gasteiger charge is 2.18. The average molecular weight is 456 g/mol. The van der Waals surface area contributed by atoms with E-state index in [9.17, 15) is 14.4 Å². The highest BCUT2D eigenvalue weighted by molar-refractivity contribution is 5.95. The van der Waals surface area contributed by atoms with E-state index in [1.54, 1.807) is 54.6 Å². The molecule has 33 heavy (non-hydrogen) atoms. The summed E-state index contributed by atoms with van der Waals surface area (Å²) in [5.74, 6) is -0.153. The van der Waals surface area contributed by atoms with Crippen molar-refractivity contribution >= 4 is 23.5 Å². The largest absolute Gasteiger partial charge is 0.491 e. The van der Waals surface area contributed by atoms with Gasteiger partial charge >= 0.3 is 6.09 Å². The summed E-state index contributed by atoms with van der Waals surface area (Å²) in [6, 6.07) is 13.5. The molecule has 176 valence electrons. The number of amides is 2. The summed E-state index contributed by atoms with van der Waals surface area (Å²) < 4.78 is 11.1. The quantitative estimate of drug-likeness (QED) is 0.126. The zero-order valence-corrected chi connectivity index (χ0v) is 18.3. The fourth-order valence-electron chi connectivity index (χ4n) is 2.98. The summed E-state index contributed by atoms with van der Waals surface area (Å²) in [6.07, 6.45) is 3.17. The summed E-state index contributed by atoms with van der Waals surface area (Å²) in [7, 11) is 0. The van der Waals surface area contributed by atoms with Gasteiger partial charge in [0.2, 0.25) is 0 Å². The molecule has 0 heterocycles. The number of Topliss-reactive ketones (excluding diaryl/α,β-unsaturated/α-hetero) is 1. The van der Waals surface area contributed by atoms with Gasteiger partial charge < -0.3 is 14.6 Å². The van der Waals surface area contributed by atoms with Crippen molar-refractivity contribution in [3.05, 3.63) is 71.8 Å². The number of ether oxygens (including phenoxy) is 2. The molecule has 0 aliphatic heterocycles. The number of aliphatic hydroxyl groups excluding tert-OH is 1. The lowest BCUT2D eigenvalue weighted by Gasteiger charge is -2.19. The fourth-order valence-corrected chi connectivity index (χ4v) is 2.98. The number of carbonyl (C=O) groups excluding carboxylic acids is 3. The molecule has 0 aliphatic carbocycles. The number of hydrogen-bond acceptors (Lipinski definition) is 7. The maximum Gasteiger partial charge on any atom is 0.412 e. The lowest BCUT2D eigenvalue weighted by atomic mass is 10.0. The Morgan fingerprint density at radius 3 is 2.55 bits per heavy atom. The lowest BCUT2D eigenvalue weighted by Crippen LogP contribution is -2.18. The molecule has 0 aliphatic rings. The summed E-state index contributed by atoms with van der Waals surface area (Å²) in [4.78, 5) is 35.0. The molecule has 9 nitrogen and oxygen atoms in total. The molecule has 4 N–H and O–H groups in total. The van der Waals surface area contributed by atoms with Gasteiger partial charge in [-0.05, 0) is 68.1 Å². The Morgan fingerprint density at radius 2 is 1.88 bits per heavy atom. The van der Waals surface area contributed by atoms with Gasteiger partial charge in [-0.25, -0.2) is 10.3 Å². The molecule has 2 aromatic carbocycles. The molecule has 0 saturated carbocycles. The summed E-state index contributed by atoms with van der Waals surface area (Å²) in [5, 5.41) is 20.1. The first-order valence-electron chi connectivity index (χ1n) is 10.5. The van der Waals surface area contributed by atoms with Crippen molar-refractivity contribution in [1.82, 2.24) is 5.48 Å². The molecule has 0 radical (unpaired) electrons. The predicted molar refractivity (Wildman–Crippen MR) is 121 cm³/mol. The molecule has 2 aromatic rings. The first kappa shape index (κ1) is 25.6. The Balaban J connectivity index is 2.07. The van der Waals surface area contributed by atoms with Gasteiger partial charge in [0, 0.05) is 17.3 Å². The van der Waals surface area contributed by atoms with Gasteiger partial charge in [0.15, 0.2) is 5.78 Å². The lowest BCUT2D eigenvalue weighted by molar-refractivity contribution is -0.124. The Kier molecular flexibility index (Phi) is 10.6. The van der Waals surface area contributed by atoms with E-state index in [4.69, 9.17) is 19.8 Å². The second-order valence-corrected chi connectivity index (χ2v) is 7.11. The van der Waals surface area contributed by atoms with E-state index in [1.807, 2.05) is 0 Å². The number of nitrogens with one attached hydrogen (secondary N) is 2. The van der Waals surface area contributed by atoms with Gasteiger partial charge in [-0.15, -0.1) is 0 Å². The Labute approximate surface area is 192 Å². The van der Waals surface area contributed by atoms with Gasteiger partial charge in [0.05, 0.1) is 6.61 Å². The molecule has 2 amide bonds. The highest BCUT2D eigenvalue weighted by atomic mass is 16.6. The van der Waals surface area contributed by atoms with Crippen molar-refractivity contribution in [2.45, 2.75) is 32.3 Å². The second-order valence-electron chi connectivity index (χ2n) is 7.11. The molecule has 0 bridgehead atoms. The minimum atomic E-state index is -0.660. The van der Waals surface area contributed by atoms with E-state index >= 15 is 0 Å². The van der Waals surface area contributed by atoms with Gasteiger partial charge in [-0.1, -0.05) is 18.2 Å². The van der Waals surface area contributed by atoms with E-state index < -0.39 is 18.1 Å². The third-order valence-corrected chi connectivity index (χ3v) is 4.59. The topological polar surface area (TPSA) is 134 Å². The SMILES string of the molecule is CC(=O)c1ccc(NC(=O)O[C@@H](CCC/C=C/C(=O)NO)c2cccc(OCCO)c2)cc1. The van der Waals surface area contributed by atoms with Crippen LogP contribution in [0.2, 0.25) is 0 Å². The van der Waals surface area contributed by atoms with Gasteiger partial charge in [0.25, 0.3) is 5.91 Å². The van der Waals surface area contributed by atoms with E-state index in [2.05, 4.69) is 5.32 Å². The highest BCUT2D eigenvalue weighted by Crippen LogP contribution is 2.27. The Bertz CT molecular complexity index is 958. The number of unbranched alkanes of at least 4 members (excludes halogenated alkanes) is 1. The number of rotatable bonds is 12. The molecular formula is C24H28N2O7. The summed E-state index contributed by atoms with van der Waals surface area (Å²) >= 11 is 0. The van der Waals surface area contributed by atoms with E-state index in [1.165, 1.54) is 18.5 Å². The van der Waals surface area contributed by atoms with Crippen LogP contribution < -0.4 is 15.5 Å². The van der Waals surface area contributed by atoms with Gasteiger partial charge in [0.1, 0.15) is 18.5 Å². The number of aliphatic hydroxyl groups is 1. The number of hydroxylamine groups is 1. The second kappa shape index (κ2) is 13.7. The third kappa shape index (κ3) is 9.14. The zero-order chi connectivity index (χ0) is 24.1. The number of allylic oxidation sites excluding steroid dienone is 1. The van der Waals surface area contributed by atoms with Crippen molar-refractivity contribution in [3.8, 4) is 5.75 Å². The fraction of sp³-hybridized carbons (Fsp3) is 0.292. The monoisotopic (exact) mass is 456 g/mol. The van der Waals surface area contributed by atoms with Gasteiger partial charge in [-0.3, -0.25) is 20.1 Å². The maximum atomic E-state index is 12.5. The Morgan fingerprint density at radius 1 is 1.12 bits per heavy atom. The van der Waals surface area contributed by atoms with Crippen LogP contribution in [0.1, 0.15) is 48.2 Å². The van der Waals surface area contributed by atoms with E-state index in [0.29, 0.717) is 41.8 Å². The van der Waals surface area contributed by atoms with Crippen LogP contribution in [0.15, 0.2) is 60.7 Å². The minimum absolute atomic E-state index is 0.0713. The van der Waals surface area contributed by atoms with Crippen molar-refractivity contribution < 1.29 is 34.2 Å². The molecule has 0 saturated heterocycles. The predicted octanol–water partition coefficient (Wildman–Crippen LogP) is 3.78. The standard InChI is InChI=1S/C24H28N2O7/c1-17(28)18-10-12-20(13-11-18)25-24(30)33-22(8-3-2-4-9-23(29)26-31)19-6-5-7-21(16-19)32-15-14-27/h4-7,9-13,16,22,27,31H,2-3,8,14-15H2,1H3,(H,25,30)(H,26,29)/b9-4+/t22-/m0/s1.